The van der Waals surface area contributed by atoms with Gasteiger partial charge < -0.3 is 10.3 Å². The second kappa shape index (κ2) is 4.52. The van der Waals surface area contributed by atoms with E-state index in [1.54, 1.807) is 12.4 Å². The van der Waals surface area contributed by atoms with Gasteiger partial charge in [0.25, 0.3) is 0 Å². The minimum Gasteiger partial charge on any atom is -0.383 e. The molecule has 0 aliphatic carbocycles. The van der Waals surface area contributed by atoms with Crippen LogP contribution >= 0.6 is 0 Å². The van der Waals surface area contributed by atoms with Gasteiger partial charge in [-0.05, 0) is 18.6 Å². The van der Waals surface area contributed by atoms with E-state index in [-0.39, 0.29) is 6.04 Å². The number of nitrogens with one attached hydrogen (secondary N) is 1. The van der Waals surface area contributed by atoms with Gasteiger partial charge in [-0.3, -0.25) is 5.84 Å². The van der Waals surface area contributed by atoms with Crippen molar-refractivity contribution in [2.75, 3.05) is 5.73 Å². The molecule has 1 atom stereocenters. The summed E-state index contributed by atoms with van der Waals surface area (Å²) in [6, 6.07) is 1.64. The van der Waals surface area contributed by atoms with Crippen LogP contribution in [0.25, 0.3) is 0 Å². The van der Waals surface area contributed by atoms with Crippen molar-refractivity contribution < 1.29 is 0 Å². The number of anilines is 1. The first-order valence-electron chi connectivity index (χ1n) is 5.29. The molecule has 0 saturated carbocycles. The summed E-state index contributed by atoms with van der Waals surface area (Å²) >= 11 is 0. The Morgan fingerprint density at radius 1 is 1.35 bits per heavy atom. The lowest BCUT2D eigenvalue weighted by Gasteiger charge is -2.19. The molecule has 0 aliphatic heterocycles. The summed E-state index contributed by atoms with van der Waals surface area (Å²) < 4.78 is 1.90. The zero-order valence-electron chi connectivity index (χ0n) is 9.88. The van der Waals surface area contributed by atoms with Gasteiger partial charge >= 0.3 is 0 Å². The highest BCUT2D eigenvalue weighted by Crippen LogP contribution is 2.26. The van der Waals surface area contributed by atoms with Crippen molar-refractivity contribution in [1.29, 1.82) is 0 Å². The van der Waals surface area contributed by atoms with Crippen molar-refractivity contribution in [3.8, 4) is 0 Å². The molecule has 0 amide bonds. The molecule has 90 valence electrons. The number of nitrogens with two attached hydrogens (primary N) is 2. The Kier molecular flexibility index (Phi) is 3.08. The van der Waals surface area contributed by atoms with Crippen molar-refractivity contribution in [3.63, 3.8) is 0 Å². The summed E-state index contributed by atoms with van der Waals surface area (Å²) in [5.41, 5.74) is 10.5. The Labute approximate surface area is 99.6 Å². The molecule has 0 radical (unpaired) electrons. The van der Waals surface area contributed by atoms with Crippen LogP contribution in [-0.2, 0) is 7.05 Å². The van der Waals surface area contributed by atoms with Crippen molar-refractivity contribution in [3.05, 3.63) is 41.6 Å². The summed E-state index contributed by atoms with van der Waals surface area (Å²) in [5.74, 6) is 6.89. The number of hydrazine groups is 1. The summed E-state index contributed by atoms with van der Waals surface area (Å²) in [4.78, 5) is 8.38. The number of pyridine rings is 1. The smallest absolute Gasteiger partial charge is 0.131 e. The maximum absolute atomic E-state index is 5.91. The second-order valence-electron chi connectivity index (χ2n) is 3.92. The van der Waals surface area contributed by atoms with E-state index in [1.165, 1.54) is 0 Å². The van der Waals surface area contributed by atoms with Gasteiger partial charge in [-0.25, -0.2) is 15.4 Å². The van der Waals surface area contributed by atoms with Gasteiger partial charge in [-0.2, -0.15) is 0 Å². The van der Waals surface area contributed by atoms with E-state index in [0.717, 1.165) is 17.0 Å². The lowest BCUT2D eigenvalue weighted by Crippen LogP contribution is -2.32. The molecule has 17 heavy (non-hydrogen) atoms. The van der Waals surface area contributed by atoms with Crippen molar-refractivity contribution in [1.82, 2.24) is 20.0 Å². The van der Waals surface area contributed by atoms with Crippen molar-refractivity contribution >= 4 is 5.82 Å². The summed E-state index contributed by atoms with van der Waals surface area (Å²) in [7, 11) is 1.91. The molecule has 2 aromatic heterocycles. The van der Waals surface area contributed by atoms with Gasteiger partial charge in [-0.1, -0.05) is 0 Å². The van der Waals surface area contributed by atoms with E-state index in [2.05, 4.69) is 15.4 Å². The number of hydrogen-bond donors (Lipinski definition) is 3. The fraction of sp³-hybridized carbons (Fsp3) is 0.273. The fourth-order valence-corrected chi connectivity index (χ4v) is 1.91. The second-order valence-corrected chi connectivity index (χ2v) is 3.92. The Balaban J connectivity index is 2.53. The maximum Gasteiger partial charge on any atom is 0.131 e. The molecule has 5 N–H and O–H groups in total. The van der Waals surface area contributed by atoms with Crippen LogP contribution in [0.4, 0.5) is 5.82 Å². The highest BCUT2D eigenvalue weighted by molar-refractivity contribution is 5.48. The fourth-order valence-electron chi connectivity index (χ4n) is 1.91. The molecule has 2 rings (SSSR count). The molecule has 0 fully saturated rings. The van der Waals surface area contributed by atoms with Crippen LogP contribution in [-0.4, -0.2) is 14.5 Å². The Morgan fingerprint density at radius 3 is 2.65 bits per heavy atom. The first-order chi connectivity index (χ1) is 8.15. The molecule has 2 aromatic rings. The minimum absolute atomic E-state index is 0.260. The number of nitrogens with zero attached hydrogens (tertiary/aromatic N) is 3. The Morgan fingerprint density at radius 2 is 2.12 bits per heavy atom. The molecular weight excluding hydrogens is 216 g/mol. The zero-order valence-corrected chi connectivity index (χ0v) is 9.88. The van der Waals surface area contributed by atoms with Crippen LogP contribution < -0.4 is 17.0 Å². The molecule has 0 spiro atoms. The number of aromatic nitrogens is 3. The molecule has 6 nitrogen and oxygen atoms in total. The predicted molar refractivity (Wildman–Crippen MR) is 65.8 cm³/mol. The number of imidazole rings is 1. The summed E-state index contributed by atoms with van der Waals surface area (Å²) in [6.45, 7) is 1.97. The summed E-state index contributed by atoms with van der Waals surface area (Å²) in [5, 5.41) is 0. The predicted octanol–water partition coefficient (Wildman–Crippen LogP) is 0.258. The zero-order chi connectivity index (χ0) is 12.4. The molecule has 2 heterocycles. The lowest BCUT2D eigenvalue weighted by molar-refractivity contribution is 0.577. The standard InChI is InChI=1S/C11H16N6/c1-7-3-4-14-10(12)8(7)9(16-13)11-15-5-6-17(11)2/h3-6,9,16H,13H2,1-2H3,(H2,12,14). The molecule has 0 bridgehead atoms. The lowest BCUT2D eigenvalue weighted by atomic mass is 10.0. The van der Waals surface area contributed by atoms with Gasteiger partial charge in [0.1, 0.15) is 17.7 Å². The van der Waals surface area contributed by atoms with Crippen LogP contribution in [0.15, 0.2) is 24.7 Å². The highest BCUT2D eigenvalue weighted by atomic mass is 15.3. The van der Waals surface area contributed by atoms with Gasteiger partial charge in [0.15, 0.2) is 0 Å². The SMILES string of the molecule is Cc1ccnc(N)c1C(NN)c1nccn1C. The third-order valence-corrected chi connectivity index (χ3v) is 2.81. The van der Waals surface area contributed by atoms with Crippen molar-refractivity contribution in [2.45, 2.75) is 13.0 Å². The van der Waals surface area contributed by atoms with Crippen molar-refractivity contribution in [2.24, 2.45) is 12.9 Å². The van der Waals surface area contributed by atoms with Crippen LogP contribution in [0.3, 0.4) is 0 Å². The number of aryl methyl sites for hydroxylation is 2. The monoisotopic (exact) mass is 232 g/mol. The van der Waals surface area contributed by atoms with Gasteiger partial charge in [0, 0.05) is 31.2 Å². The highest BCUT2D eigenvalue weighted by Gasteiger charge is 2.21. The molecule has 0 aliphatic rings. The Bertz CT molecular complexity index is 498. The average Bonchev–Trinajstić information content (AvgIpc) is 2.70. The minimum atomic E-state index is -0.260. The maximum atomic E-state index is 5.91. The largest absolute Gasteiger partial charge is 0.383 e. The van der Waals surface area contributed by atoms with Gasteiger partial charge in [-0.15, -0.1) is 0 Å². The number of nitrogen functional groups attached to an aromatic ring is 1. The molecule has 0 saturated heterocycles. The number of rotatable bonds is 3. The molecule has 6 heteroatoms. The van der Waals surface area contributed by atoms with Gasteiger partial charge in [0.2, 0.25) is 0 Å². The van der Waals surface area contributed by atoms with E-state index >= 15 is 0 Å². The van der Waals surface area contributed by atoms with Crippen LogP contribution in [0, 0.1) is 6.92 Å². The van der Waals surface area contributed by atoms with Crippen LogP contribution in [0.1, 0.15) is 23.0 Å². The van der Waals surface area contributed by atoms with E-state index in [1.807, 2.05) is 30.8 Å². The first-order valence-corrected chi connectivity index (χ1v) is 5.29. The van der Waals surface area contributed by atoms with Crippen LogP contribution in [0.2, 0.25) is 0 Å². The molecular formula is C11H16N6. The normalized spacial score (nSPS) is 12.6. The average molecular weight is 232 g/mol. The topological polar surface area (TPSA) is 94.8 Å². The Hall–Kier alpha value is -1.92. The molecule has 1 unspecified atom stereocenters. The van der Waals surface area contributed by atoms with E-state index in [4.69, 9.17) is 11.6 Å². The quantitative estimate of drug-likeness (QED) is 0.521. The van der Waals surface area contributed by atoms with Crippen LogP contribution in [0.5, 0.6) is 0 Å². The first kappa shape index (κ1) is 11.6. The van der Waals surface area contributed by atoms with E-state index < -0.39 is 0 Å². The summed E-state index contributed by atoms with van der Waals surface area (Å²) in [6.07, 6.45) is 5.27. The third-order valence-electron chi connectivity index (χ3n) is 2.81. The third kappa shape index (κ3) is 2.00. The van der Waals surface area contributed by atoms with E-state index in [9.17, 15) is 0 Å². The number of hydrogen-bond acceptors (Lipinski definition) is 5. The molecule has 0 aromatic carbocycles. The van der Waals surface area contributed by atoms with E-state index in [0.29, 0.717) is 5.82 Å². The van der Waals surface area contributed by atoms with Gasteiger partial charge in [0.05, 0.1) is 0 Å².